The number of carbonyl (C=O) groups excluding carboxylic acids is 1. The average Bonchev–Trinajstić information content (AvgIpc) is 3.64. The predicted molar refractivity (Wildman–Crippen MR) is 152 cm³/mol. The maximum absolute atomic E-state index is 13.0. The first-order valence-electron chi connectivity index (χ1n) is 12.4. The molecule has 39 heavy (non-hydrogen) atoms. The number of amides is 1. The molecule has 0 saturated carbocycles. The van der Waals surface area contributed by atoms with Crippen molar-refractivity contribution in [1.82, 2.24) is 29.6 Å². The molecule has 3 aromatic heterocycles. The minimum absolute atomic E-state index is 0.0241. The maximum atomic E-state index is 13.0. The summed E-state index contributed by atoms with van der Waals surface area (Å²) in [4.78, 5) is 13.0. The van der Waals surface area contributed by atoms with Crippen LogP contribution in [-0.2, 0) is 11.2 Å². The molecule has 4 N–H and O–H groups in total. The van der Waals surface area contributed by atoms with E-state index in [0.717, 1.165) is 46.4 Å². The number of thioether (sulfide) groups is 1. The number of hydrogen-bond acceptors (Lipinski definition) is 7. The molecule has 196 valence electrons. The van der Waals surface area contributed by atoms with Crippen LogP contribution in [0, 0.1) is 25.2 Å². The first kappa shape index (κ1) is 25.8. The minimum atomic E-state index is -0.296. The van der Waals surface area contributed by atoms with Crippen LogP contribution >= 0.6 is 11.8 Å². The summed E-state index contributed by atoms with van der Waals surface area (Å²) in [5.41, 5.74) is 6.59. The summed E-state index contributed by atoms with van der Waals surface area (Å²) < 4.78 is 3.21. The molecule has 0 bridgehead atoms. The number of nitrogens with two attached hydrogens (primary N) is 1. The number of nitrogen functional groups attached to an aromatic ring is 1. The van der Waals surface area contributed by atoms with Gasteiger partial charge < -0.3 is 11.2 Å². The molecule has 0 spiro atoms. The molecule has 0 unspecified atom stereocenters. The lowest BCUT2D eigenvalue weighted by molar-refractivity contribution is -0.113. The second-order valence-electron chi connectivity index (χ2n) is 8.95. The van der Waals surface area contributed by atoms with Gasteiger partial charge in [-0.3, -0.25) is 14.5 Å². The topological polar surface area (TPSA) is 143 Å². The number of carbonyl (C=O) groups is 1. The van der Waals surface area contributed by atoms with Crippen molar-refractivity contribution in [3.05, 3.63) is 83.0 Å². The standard InChI is InChI=1S/C28H27N9OS/c1-4-19-10-12-20(13-11-19)23-14-24(33-32-23)27-34-35-28(37(27)30)39-16-25(38)31-26-22(15-29)17(2)18(3)36(26)21-8-6-5-7-9-21/h5-14H,4,16,30H2,1-3H3,(H,31,38)(H,32,33). The molecule has 2 aromatic carbocycles. The highest BCUT2D eigenvalue weighted by Gasteiger charge is 2.22. The second-order valence-corrected chi connectivity index (χ2v) is 9.89. The van der Waals surface area contributed by atoms with E-state index < -0.39 is 0 Å². The Kier molecular flexibility index (Phi) is 7.21. The molecule has 0 fully saturated rings. The highest BCUT2D eigenvalue weighted by molar-refractivity contribution is 7.99. The van der Waals surface area contributed by atoms with Crippen LogP contribution in [-0.4, -0.2) is 41.3 Å². The molecule has 0 aliphatic carbocycles. The third-order valence-corrected chi connectivity index (χ3v) is 7.51. The number of anilines is 1. The Bertz CT molecular complexity index is 1670. The van der Waals surface area contributed by atoms with Gasteiger partial charge >= 0.3 is 0 Å². The van der Waals surface area contributed by atoms with Gasteiger partial charge in [-0.1, -0.05) is 61.2 Å². The molecule has 0 atom stereocenters. The predicted octanol–water partition coefficient (Wildman–Crippen LogP) is 4.62. The summed E-state index contributed by atoms with van der Waals surface area (Å²) in [6.07, 6.45) is 0.972. The fraction of sp³-hybridized carbons (Fsp3) is 0.179. The van der Waals surface area contributed by atoms with E-state index in [-0.39, 0.29) is 11.7 Å². The van der Waals surface area contributed by atoms with Gasteiger partial charge in [0, 0.05) is 16.9 Å². The summed E-state index contributed by atoms with van der Waals surface area (Å²) in [6.45, 7) is 5.91. The zero-order valence-electron chi connectivity index (χ0n) is 21.8. The highest BCUT2D eigenvalue weighted by Crippen LogP contribution is 2.30. The van der Waals surface area contributed by atoms with Crippen LogP contribution in [0.25, 0.3) is 28.5 Å². The van der Waals surface area contributed by atoms with Gasteiger partial charge in [0.1, 0.15) is 17.6 Å². The first-order valence-corrected chi connectivity index (χ1v) is 13.4. The number of benzene rings is 2. The molecule has 3 heterocycles. The number of nitriles is 1. The largest absolute Gasteiger partial charge is 0.335 e. The Balaban J connectivity index is 1.31. The number of aromatic nitrogens is 6. The molecule has 0 saturated heterocycles. The highest BCUT2D eigenvalue weighted by atomic mass is 32.2. The molecule has 10 nitrogen and oxygen atoms in total. The fourth-order valence-corrected chi connectivity index (χ4v) is 4.97. The number of aromatic amines is 1. The van der Waals surface area contributed by atoms with E-state index in [0.29, 0.717) is 28.1 Å². The van der Waals surface area contributed by atoms with Crippen molar-refractivity contribution in [1.29, 1.82) is 5.26 Å². The van der Waals surface area contributed by atoms with Gasteiger partial charge in [0.05, 0.1) is 17.0 Å². The van der Waals surface area contributed by atoms with E-state index in [4.69, 9.17) is 5.84 Å². The molecule has 0 aliphatic heterocycles. The van der Waals surface area contributed by atoms with Crippen molar-refractivity contribution >= 4 is 23.5 Å². The quantitative estimate of drug-likeness (QED) is 0.193. The number of H-pyrrole nitrogens is 1. The number of hydrogen-bond donors (Lipinski definition) is 3. The van der Waals surface area contributed by atoms with Crippen LogP contribution in [0.1, 0.15) is 29.3 Å². The normalized spacial score (nSPS) is 10.9. The number of rotatable bonds is 8. The first-order chi connectivity index (χ1) is 18.9. The SMILES string of the molecule is CCc1ccc(-c2cc(-c3nnc(SCC(=O)Nc4c(C#N)c(C)c(C)n4-c4ccccc4)n3N)[nH]n2)cc1. The molecular weight excluding hydrogens is 510 g/mol. The third-order valence-electron chi connectivity index (χ3n) is 6.57. The van der Waals surface area contributed by atoms with E-state index in [1.807, 2.05) is 66.9 Å². The maximum Gasteiger partial charge on any atom is 0.236 e. The smallest absolute Gasteiger partial charge is 0.236 e. The van der Waals surface area contributed by atoms with Crippen LogP contribution in [0.5, 0.6) is 0 Å². The van der Waals surface area contributed by atoms with Crippen molar-refractivity contribution in [3.63, 3.8) is 0 Å². The van der Waals surface area contributed by atoms with Gasteiger partial charge in [0.25, 0.3) is 0 Å². The summed E-state index contributed by atoms with van der Waals surface area (Å²) in [5.74, 6) is 6.84. The van der Waals surface area contributed by atoms with Gasteiger partial charge in [-0.05, 0) is 49.6 Å². The van der Waals surface area contributed by atoms with Crippen molar-refractivity contribution < 1.29 is 4.79 Å². The van der Waals surface area contributed by atoms with Crippen LogP contribution in [0.3, 0.4) is 0 Å². The Morgan fingerprint density at radius 3 is 2.56 bits per heavy atom. The average molecular weight is 538 g/mol. The van der Waals surface area contributed by atoms with Gasteiger partial charge in [0.2, 0.25) is 16.9 Å². The number of nitrogens with one attached hydrogen (secondary N) is 2. The summed E-state index contributed by atoms with van der Waals surface area (Å²) in [6, 6.07) is 21.9. The van der Waals surface area contributed by atoms with Crippen LogP contribution in [0.2, 0.25) is 0 Å². The van der Waals surface area contributed by atoms with Gasteiger partial charge in [-0.25, -0.2) is 4.68 Å². The number of aryl methyl sites for hydroxylation is 1. The fourth-order valence-electron chi connectivity index (χ4n) is 4.31. The van der Waals surface area contributed by atoms with Gasteiger partial charge in [-0.15, -0.1) is 10.2 Å². The Morgan fingerprint density at radius 1 is 1.13 bits per heavy atom. The summed E-state index contributed by atoms with van der Waals surface area (Å²) >= 11 is 1.15. The summed E-state index contributed by atoms with van der Waals surface area (Å²) in [7, 11) is 0. The zero-order chi connectivity index (χ0) is 27.5. The third kappa shape index (κ3) is 5.02. The van der Waals surface area contributed by atoms with Crippen LogP contribution < -0.4 is 11.2 Å². The van der Waals surface area contributed by atoms with Crippen molar-refractivity contribution in [3.8, 4) is 34.5 Å². The molecule has 11 heteroatoms. The lowest BCUT2D eigenvalue weighted by Gasteiger charge is -2.13. The molecule has 5 rings (SSSR count). The second kappa shape index (κ2) is 10.9. The molecular formula is C28H27N9OS. The van der Waals surface area contributed by atoms with Crippen LogP contribution in [0.4, 0.5) is 5.82 Å². The minimum Gasteiger partial charge on any atom is -0.335 e. The Labute approximate surface area is 229 Å². The number of para-hydroxylation sites is 1. The number of nitrogens with zero attached hydrogens (tertiary/aromatic N) is 6. The lowest BCUT2D eigenvalue weighted by atomic mass is 10.1. The Hall–Kier alpha value is -4.82. The Morgan fingerprint density at radius 2 is 1.87 bits per heavy atom. The van der Waals surface area contributed by atoms with E-state index in [1.165, 1.54) is 10.2 Å². The molecule has 0 radical (unpaired) electrons. The van der Waals surface area contributed by atoms with E-state index >= 15 is 0 Å². The van der Waals surface area contributed by atoms with Crippen molar-refractivity contribution in [2.24, 2.45) is 0 Å². The molecule has 5 aromatic rings. The molecule has 0 aliphatic rings. The van der Waals surface area contributed by atoms with Crippen molar-refractivity contribution in [2.75, 3.05) is 16.9 Å². The monoisotopic (exact) mass is 537 g/mol. The van der Waals surface area contributed by atoms with Gasteiger partial charge in [-0.2, -0.15) is 10.4 Å². The molecule has 1 amide bonds. The lowest BCUT2D eigenvalue weighted by Crippen LogP contribution is -2.19. The summed E-state index contributed by atoms with van der Waals surface area (Å²) in [5, 5.41) is 28.8. The van der Waals surface area contributed by atoms with E-state index in [2.05, 4.69) is 50.8 Å². The zero-order valence-corrected chi connectivity index (χ0v) is 22.6. The van der Waals surface area contributed by atoms with E-state index in [1.54, 1.807) is 0 Å². The van der Waals surface area contributed by atoms with E-state index in [9.17, 15) is 10.1 Å². The van der Waals surface area contributed by atoms with Crippen molar-refractivity contribution in [2.45, 2.75) is 32.3 Å². The van der Waals surface area contributed by atoms with Crippen LogP contribution in [0.15, 0.2) is 65.8 Å². The van der Waals surface area contributed by atoms with Gasteiger partial charge in [0.15, 0.2) is 0 Å².